The quantitative estimate of drug-likeness (QED) is 0.449. The lowest BCUT2D eigenvalue weighted by Crippen LogP contribution is -2.40. The molecule has 0 saturated carbocycles. The Balaban J connectivity index is 2.07. The van der Waals surface area contributed by atoms with Crippen molar-refractivity contribution < 1.29 is 0 Å². The van der Waals surface area contributed by atoms with Crippen molar-refractivity contribution >= 4 is 11.8 Å². The van der Waals surface area contributed by atoms with Crippen LogP contribution in [0.15, 0.2) is 11.9 Å². The predicted octanol–water partition coefficient (Wildman–Crippen LogP) is -0.374. The van der Waals surface area contributed by atoms with E-state index in [-0.39, 0.29) is 5.50 Å². The molecule has 3 nitrogen and oxygen atoms in total. The number of rotatable bonds is 0. The molecule has 4 heteroatoms. The topological polar surface area (TPSA) is 50.1 Å². The van der Waals surface area contributed by atoms with Crippen LogP contribution in [-0.2, 0) is 0 Å². The summed E-state index contributed by atoms with van der Waals surface area (Å²) in [6.45, 7) is 1.07. The summed E-state index contributed by atoms with van der Waals surface area (Å²) in [5, 5.41) is 6.41. The van der Waals surface area contributed by atoms with Crippen LogP contribution in [0.5, 0.6) is 0 Å². The van der Waals surface area contributed by atoms with Crippen LogP contribution < -0.4 is 16.4 Å². The summed E-state index contributed by atoms with van der Waals surface area (Å²) in [6.07, 6.45) is 2.03. The number of fused-ring (bicyclic) bond motifs is 1. The van der Waals surface area contributed by atoms with E-state index in [2.05, 4.69) is 10.6 Å². The zero-order valence-corrected chi connectivity index (χ0v) is 6.45. The van der Waals surface area contributed by atoms with E-state index < -0.39 is 0 Å². The number of thioether (sulfide) groups is 1. The van der Waals surface area contributed by atoms with Gasteiger partial charge in [0.25, 0.3) is 0 Å². The minimum Gasteiger partial charge on any atom is -0.389 e. The highest BCUT2D eigenvalue weighted by molar-refractivity contribution is 7.99. The summed E-state index contributed by atoms with van der Waals surface area (Å²) in [5.74, 6) is 1.82. The molecule has 2 unspecified atom stereocenters. The molecule has 0 aliphatic carbocycles. The minimum absolute atomic E-state index is 0.0994. The third kappa shape index (κ3) is 0.973. The maximum atomic E-state index is 5.67. The smallest absolute Gasteiger partial charge is 0.123 e. The van der Waals surface area contributed by atoms with Crippen LogP contribution in [0, 0.1) is 5.92 Å². The number of nitrogens with two attached hydrogens (primary N) is 1. The Morgan fingerprint density at radius 2 is 2.60 bits per heavy atom. The van der Waals surface area contributed by atoms with Crippen molar-refractivity contribution in [2.75, 3.05) is 12.3 Å². The average Bonchev–Trinajstić information content (AvgIpc) is 2.33. The molecule has 0 spiro atoms. The van der Waals surface area contributed by atoms with Gasteiger partial charge in [-0.1, -0.05) is 0 Å². The van der Waals surface area contributed by atoms with Gasteiger partial charge in [0.1, 0.15) is 5.50 Å². The molecule has 2 aliphatic heterocycles. The second-order valence-corrected chi connectivity index (χ2v) is 3.78. The SMILES string of the molecule is NC1NC2=CNCC2CS1. The molecule has 10 heavy (non-hydrogen) atoms. The molecule has 56 valence electrons. The maximum Gasteiger partial charge on any atom is 0.123 e. The molecule has 0 amide bonds. The van der Waals surface area contributed by atoms with E-state index in [1.807, 2.05) is 6.20 Å². The van der Waals surface area contributed by atoms with Gasteiger partial charge in [0.15, 0.2) is 0 Å². The molecule has 0 aromatic rings. The van der Waals surface area contributed by atoms with Crippen molar-refractivity contribution in [3.8, 4) is 0 Å². The van der Waals surface area contributed by atoms with Crippen molar-refractivity contribution in [3.05, 3.63) is 11.9 Å². The van der Waals surface area contributed by atoms with E-state index in [9.17, 15) is 0 Å². The summed E-state index contributed by atoms with van der Waals surface area (Å²) in [6, 6.07) is 0. The van der Waals surface area contributed by atoms with E-state index in [0.29, 0.717) is 5.92 Å². The fraction of sp³-hybridized carbons (Fsp3) is 0.667. The van der Waals surface area contributed by atoms with Gasteiger partial charge in [-0.05, 0) is 0 Å². The Morgan fingerprint density at radius 3 is 3.50 bits per heavy atom. The first-order valence-corrected chi connectivity index (χ1v) is 4.48. The molecular formula is C6H11N3S. The molecule has 0 aromatic heterocycles. The van der Waals surface area contributed by atoms with Gasteiger partial charge in [0.05, 0.1) is 0 Å². The zero-order chi connectivity index (χ0) is 6.97. The van der Waals surface area contributed by atoms with Crippen LogP contribution in [-0.4, -0.2) is 17.8 Å². The average molecular weight is 157 g/mol. The van der Waals surface area contributed by atoms with Gasteiger partial charge in [0.2, 0.25) is 0 Å². The van der Waals surface area contributed by atoms with Crippen LogP contribution in [0.2, 0.25) is 0 Å². The largest absolute Gasteiger partial charge is 0.389 e. The summed E-state index contributed by atoms with van der Waals surface area (Å²) in [7, 11) is 0. The predicted molar refractivity (Wildman–Crippen MR) is 43.1 cm³/mol. The second kappa shape index (κ2) is 2.36. The molecular weight excluding hydrogens is 146 g/mol. The molecule has 1 fully saturated rings. The van der Waals surface area contributed by atoms with Crippen molar-refractivity contribution in [1.29, 1.82) is 0 Å². The molecule has 0 aromatic carbocycles. The van der Waals surface area contributed by atoms with Crippen molar-refractivity contribution in [1.82, 2.24) is 10.6 Å². The lowest BCUT2D eigenvalue weighted by molar-refractivity contribution is 0.607. The van der Waals surface area contributed by atoms with Gasteiger partial charge in [-0.25, -0.2) is 0 Å². The van der Waals surface area contributed by atoms with E-state index >= 15 is 0 Å². The molecule has 2 atom stereocenters. The van der Waals surface area contributed by atoms with Crippen LogP contribution in [0.4, 0.5) is 0 Å². The second-order valence-electron chi connectivity index (χ2n) is 2.60. The van der Waals surface area contributed by atoms with Crippen LogP contribution in [0.3, 0.4) is 0 Å². The standard InChI is InChI=1S/C6H11N3S/c7-6-9-5-2-8-1-4(5)3-10-6/h2,4,6,8-9H,1,3,7H2. The molecule has 1 saturated heterocycles. The highest BCUT2D eigenvalue weighted by atomic mass is 32.2. The molecule has 2 aliphatic rings. The van der Waals surface area contributed by atoms with Crippen molar-refractivity contribution in [3.63, 3.8) is 0 Å². The van der Waals surface area contributed by atoms with E-state index in [4.69, 9.17) is 5.73 Å². The monoisotopic (exact) mass is 157 g/mol. The fourth-order valence-corrected chi connectivity index (χ4v) is 2.23. The van der Waals surface area contributed by atoms with Gasteiger partial charge < -0.3 is 16.4 Å². The molecule has 4 N–H and O–H groups in total. The lowest BCUT2D eigenvalue weighted by Gasteiger charge is -2.26. The van der Waals surface area contributed by atoms with Crippen LogP contribution in [0.25, 0.3) is 0 Å². The van der Waals surface area contributed by atoms with Gasteiger partial charge in [-0.2, -0.15) is 0 Å². The first-order chi connectivity index (χ1) is 4.86. The molecule has 0 radical (unpaired) electrons. The highest BCUT2D eigenvalue weighted by Crippen LogP contribution is 2.24. The number of hydrogen-bond acceptors (Lipinski definition) is 4. The first kappa shape index (κ1) is 6.37. The molecule has 2 heterocycles. The number of hydrogen-bond donors (Lipinski definition) is 3. The summed E-state index contributed by atoms with van der Waals surface area (Å²) in [4.78, 5) is 0. The summed E-state index contributed by atoms with van der Waals surface area (Å²) >= 11 is 1.78. The van der Waals surface area contributed by atoms with E-state index in [1.54, 1.807) is 11.8 Å². The minimum atomic E-state index is 0.0994. The van der Waals surface area contributed by atoms with Gasteiger partial charge in [-0.15, -0.1) is 11.8 Å². The van der Waals surface area contributed by atoms with Gasteiger partial charge in [0, 0.05) is 30.1 Å². The Hall–Kier alpha value is -0.350. The van der Waals surface area contributed by atoms with Crippen LogP contribution in [0.1, 0.15) is 0 Å². The third-order valence-electron chi connectivity index (χ3n) is 1.85. The lowest BCUT2D eigenvalue weighted by atomic mass is 10.1. The van der Waals surface area contributed by atoms with E-state index in [0.717, 1.165) is 12.3 Å². The zero-order valence-electron chi connectivity index (χ0n) is 5.63. The Morgan fingerprint density at radius 1 is 1.70 bits per heavy atom. The van der Waals surface area contributed by atoms with Gasteiger partial charge in [-0.3, -0.25) is 0 Å². The summed E-state index contributed by atoms with van der Waals surface area (Å²) in [5.41, 5.74) is 7.06. The highest BCUT2D eigenvalue weighted by Gasteiger charge is 2.25. The Bertz CT molecular complexity index is 168. The third-order valence-corrected chi connectivity index (χ3v) is 2.92. The van der Waals surface area contributed by atoms with Gasteiger partial charge >= 0.3 is 0 Å². The normalized spacial score (nSPS) is 37.5. The summed E-state index contributed by atoms with van der Waals surface area (Å²) < 4.78 is 0. The van der Waals surface area contributed by atoms with E-state index in [1.165, 1.54) is 5.70 Å². The Kier molecular flexibility index (Phi) is 1.50. The maximum absolute atomic E-state index is 5.67. The first-order valence-electron chi connectivity index (χ1n) is 3.43. The molecule has 0 bridgehead atoms. The molecule has 2 rings (SSSR count). The fourth-order valence-electron chi connectivity index (χ4n) is 1.27. The van der Waals surface area contributed by atoms with Crippen molar-refractivity contribution in [2.45, 2.75) is 5.50 Å². The number of nitrogens with one attached hydrogen (secondary N) is 2. The van der Waals surface area contributed by atoms with Crippen molar-refractivity contribution in [2.24, 2.45) is 11.7 Å². The Labute approximate surface area is 64.4 Å². The van der Waals surface area contributed by atoms with Crippen LogP contribution >= 0.6 is 11.8 Å².